The lowest BCUT2D eigenvalue weighted by Crippen LogP contribution is -2.37. The molecule has 0 aliphatic rings. The van der Waals surface area contributed by atoms with Crippen molar-refractivity contribution in [3.63, 3.8) is 0 Å². The summed E-state index contributed by atoms with van der Waals surface area (Å²) in [7, 11) is 1.61. The van der Waals surface area contributed by atoms with Gasteiger partial charge in [-0.2, -0.15) is 8.78 Å². The summed E-state index contributed by atoms with van der Waals surface area (Å²) in [5.74, 6) is 1.51. The molecular weight excluding hydrogens is 455 g/mol. The Morgan fingerprint density at radius 3 is 2.69 bits per heavy atom. The molecule has 0 fully saturated rings. The Hall–Kier alpha value is -2.17. The van der Waals surface area contributed by atoms with E-state index in [4.69, 9.17) is 4.42 Å². The van der Waals surface area contributed by atoms with Crippen LogP contribution in [-0.4, -0.2) is 22.6 Å². The molecule has 0 radical (unpaired) electrons. The van der Waals surface area contributed by atoms with Gasteiger partial charge in [0.2, 0.25) is 0 Å². The second-order valence-electron chi connectivity index (χ2n) is 5.45. The van der Waals surface area contributed by atoms with Crippen LogP contribution in [-0.2, 0) is 13.1 Å². The first-order valence-electron chi connectivity index (χ1n) is 7.81. The van der Waals surface area contributed by atoms with Gasteiger partial charge in [-0.25, -0.2) is 4.98 Å². The summed E-state index contributed by atoms with van der Waals surface area (Å²) in [6.45, 7) is -0.0505. The van der Waals surface area contributed by atoms with Crippen molar-refractivity contribution in [2.45, 2.75) is 26.6 Å². The van der Waals surface area contributed by atoms with Gasteiger partial charge in [0, 0.05) is 30.4 Å². The van der Waals surface area contributed by atoms with Crippen LogP contribution < -0.4 is 10.6 Å². The summed E-state index contributed by atoms with van der Waals surface area (Å²) in [5.41, 5.74) is 1.89. The Kier molecular flexibility index (Phi) is 6.95. The Morgan fingerprint density at radius 2 is 2.00 bits per heavy atom. The molecule has 26 heavy (non-hydrogen) atoms. The predicted molar refractivity (Wildman–Crippen MR) is 107 cm³/mol. The molecule has 0 bridgehead atoms. The molecule has 2 N–H and O–H groups in total. The van der Waals surface area contributed by atoms with Gasteiger partial charge in [-0.3, -0.25) is 9.56 Å². The molecule has 0 aliphatic carbocycles. The van der Waals surface area contributed by atoms with Crippen molar-refractivity contribution in [1.29, 1.82) is 0 Å². The minimum atomic E-state index is -2.62. The van der Waals surface area contributed by atoms with Crippen LogP contribution in [0.3, 0.4) is 0 Å². The number of aliphatic imine (C=N–C) groups is 1. The number of furan rings is 1. The number of halogens is 3. The molecule has 0 atom stereocenters. The molecule has 3 rings (SSSR count). The Morgan fingerprint density at radius 1 is 1.27 bits per heavy atom. The highest BCUT2D eigenvalue weighted by molar-refractivity contribution is 14.0. The zero-order valence-electron chi connectivity index (χ0n) is 14.4. The molecule has 3 aromatic rings. The summed E-state index contributed by atoms with van der Waals surface area (Å²) in [4.78, 5) is 8.01. The van der Waals surface area contributed by atoms with Gasteiger partial charge in [0.05, 0.1) is 13.1 Å². The number of para-hydroxylation sites is 1. The lowest BCUT2D eigenvalue weighted by Gasteiger charge is -2.12. The number of nitrogens with one attached hydrogen (secondary N) is 2. The molecule has 2 aromatic heterocycles. The third-order valence-corrected chi connectivity index (χ3v) is 3.96. The van der Waals surface area contributed by atoms with Crippen LogP contribution in [0.1, 0.15) is 23.7 Å². The van der Waals surface area contributed by atoms with Gasteiger partial charge in [0.15, 0.2) is 5.96 Å². The molecule has 1 aromatic carbocycles. The third kappa shape index (κ3) is 4.32. The first kappa shape index (κ1) is 20.1. The fraction of sp³-hybridized carbons (Fsp3) is 0.294. The lowest BCUT2D eigenvalue weighted by atomic mass is 10.1. The Bertz CT molecular complexity index is 890. The molecule has 2 heterocycles. The summed E-state index contributed by atoms with van der Waals surface area (Å²) < 4.78 is 32.3. The minimum Gasteiger partial charge on any atom is -0.459 e. The van der Waals surface area contributed by atoms with Crippen molar-refractivity contribution in [2.24, 2.45) is 4.99 Å². The SMILES string of the molecule is CN=C(NCc1oc2ccccc2c1C)NCc1nccn1C(F)F.I. The van der Waals surface area contributed by atoms with Gasteiger partial charge < -0.3 is 15.1 Å². The Labute approximate surface area is 166 Å². The Balaban J connectivity index is 0.00000243. The average Bonchev–Trinajstić information content (AvgIpc) is 3.20. The van der Waals surface area contributed by atoms with Crippen LogP contribution in [0.15, 0.2) is 46.1 Å². The number of nitrogens with zero attached hydrogens (tertiary/aromatic N) is 3. The summed E-state index contributed by atoms with van der Waals surface area (Å²) >= 11 is 0. The average molecular weight is 475 g/mol. The van der Waals surface area contributed by atoms with Gasteiger partial charge in [0.1, 0.15) is 17.2 Å². The number of guanidine groups is 1. The molecule has 0 amide bonds. The van der Waals surface area contributed by atoms with E-state index in [1.165, 1.54) is 12.4 Å². The van der Waals surface area contributed by atoms with Gasteiger partial charge in [-0.1, -0.05) is 18.2 Å². The molecular formula is C17H20F2IN5O. The maximum Gasteiger partial charge on any atom is 0.319 e. The lowest BCUT2D eigenvalue weighted by molar-refractivity contribution is 0.0668. The van der Waals surface area contributed by atoms with E-state index in [0.29, 0.717) is 12.5 Å². The largest absolute Gasteiger partial charge is 0.459 e. The number of benzene rings is 1. The minimum absolute atomic E-state index is 0. The summed E-state index contributed by atoms with van der Waals surface area (Å²) in [5, 5.41) is 7.16. The van der Waals surface area contributed by atoms with Crippen molar-refractivity contribution < 1.29 is 13.2 Å². The molecule has 0 saturated heterocycles. The highest BCUT2D eigenvalue weighted by Crippen LogP contribution is 2.24. The van der Waals surface area contributed by atoms with E-state index in [2.05, 4.69) is 20.6 Å². The number of aryl methyl sites for hydroxylation is 1. The number of hydrogen-bond donors (Lipinski definition) is 2. The van der Waals surface area contributed by atoms with Gasteiger partial charge >= 0.3 is 6.55 Å². The molecule has 0 unspecified atom stereocenters. The van der Waals surface area contributed by atoms with E-state index in [-0.39, 0.29) is 36.3 Å². The van der Waals surface area contributed by atoms with Crippen molar-refractivity contribution in [3.8, 4) is 0 Å². The van der Waals surface area contributed by atoms with E-state index in [1.54, 1.807) is 7.05 Å². The highest BCUT2D eigenvalue weighted by atomic mass is 127. The van der Waals surface area contributed by atoms with E-state index in [1.807, 2.05) is 31.2 Å². The first-order chi connectivity index (χ1) is 12.1. The van der Waals surface area contributed by atoms with E-state index >= 15 is 0 Å². The standard InChI is InChI=1S/C17H19F2N5O.HI/c1-11-12-5-3-4-6-13(12)25-14(11)9-22-17(20-2)23-10-15-21-7-8-24(15)16(18)19;/h3-8,16H,9-10H2,1-2H3,(H2,20,22,23);1H. The second-order valence-corrected chi connectivity index (χ2v) is 5.45. The fourth-order valence-electron chi connectivity index (χ4n) is 2.60. The van der Waals surface area contributed by atoms with Crippen LogP contribution in [0.5, 0.6) is 0 Å². The van der Waals surface area contributed by atoms with E-state index < -0.39 is 6.55 Å². The van der Waals surface area contributed by atoms with Crippen LogP contribution in [0.2, 0.25) is 0 Å². The zero-order valence-corrected chi connectivity index (χ0v) is 16.7. The number of fused-ring (bicyclic) bond motifs is 1. The van der Waals surface area contributed by atoms with Crippen molar-refractivity contribution >= 4 is 40.9 Å². The molecule has 0 saturated carbocycles. The highest BCUT2D eigenvalue weighted by Gasteiger charge is 2.13. The molecule has 9 heteroatoms. The van der Waals surface area contributed by atoms with Crippen LogP contribution in [0, 0.1) is 6.92 Å². The molecule has 140 valence electrons. The second kappa shape index (κ2) is 8.97. The number of rotatable bonds is 5. The van der Waals surface area contributed by atoms with E-state index in [9.17, 15) is 8.78 Å². The van der Waals surface area contributed by atoms with E-state index in [0.717, 1.165) is 26.9 Å². The first-order valence-corrected chi connectivity index (χ1v) is 7.81. The number of imidazole rings is 1. The normalized spacial score (nSPS) is 11.7. The summed E-state index contributed by atoms with van der Waals surface area (Å²) in [6.07, 6.45) is 2.59. The van der Waals surface area contributed by atoms with Crippen LogP contribution in [0.4, 0.5) is 8.78 Å². The monoisotopic (exact) mass is 475 g/mol. The van der Waals surface area contributed by atoms with Crippen molar-refractivity contribution in [1.82, 2.24) is 20.2 Å². The fourth-order valence-corrected chi connectivity index (χ4v) is 2.60. The quantitative estimate of drug-likeness (QED) is 0.335. The topological polar surface area (TPSA) is 67.4 Å². The van der Waals surface area contributed by atoms with Gasteiger partial charge in [0.25, 0.3) is 0 Å². The number of hydrogen-bond acceptors (Lipinski definition) is 3. The molecule has 6 nitrogen and oxygen atoms in total. The van der Waals surface area contributed by atoms with Crippen LogP contribution >= 0.6 is 24.0 Å². The smallest absolute Gasteiger partial charge is 0.319 e. The number of alkyl halides is 2. The number of aromatic nitrogens is 2. The summed E-state index contributed by atoms with van der Waals surface area (Å²) in [6, 6.07) is 7.82. The maximum absolute atomic E-state index is 12.8. The zero-order chi connectivity index (χ0) is 17.8. The van der Waals surface area contributed by atoms with Gasteiger partial charge in [-0.15, -0.1) is 24.0 Å². The molecule has 0 spiro atoms. The predicted octanol–water partition coefficient (Wildman–Crippen LogP) is 3.82. The third-order valence-electron chi connectivity index (χ3n) is 3.96. The van der Waals surface area contributed by atoms with Crippen molar-refractivity contribution in [3.05, 3.63) is 53.8 Å². The maximum atomic E-state index is 12.8. The van der Waals surface area contributed by atoms with Crippen LogP contribution in [0.25, 0.3) is 11.0 Å². The molecule has 0 aliphatic heterocycles. The van der Waals surface area contributed by atoms with Gasteiger partial charge in [-0.05, 0) is 13.0 Å². The van der Waals surface area contributed by atoms with Crippen molar-refractivity contribution in [2.75, 3.05) is 7.05 Å².